The zero-order valence-corrected chi connectivity index (χ0v) is 12.5. The van der Waals surface area contributed by atoms with Crippen LogP contribution in [-0.4, -0.2) is 16.1 Å². The summed E-state index contributed by atoms with van der Waals surface area (Å²) in [6.45, 7) is 0. The molecule has 1 aromatic heterocycles. The Morgan fingerprint density at radius 1 is 1.17 bits per heavy atom. The number of benzene rings is 2. The summed E-state index contributed by atoms with van der Waals surface area (Å²) in [6.07, 6.45) is 4.26. The summed E-state index contributed by atoms with van der Waals surface area (Å²) in [6, 6.07) is 16.2. The van der Waals surface area contributed by atoms with E-state index in [-0.39, 0.29) is 5.91 Å². The maximum absolute atomic E-state index is 12.0. The lowest BCUT2D eigenvalue weighted by atomic mass is 10.1. The molecule has 6 heteroatoms. The number of aromatic nitrogens is 2. The number of rotatable bonds is 4. The van der Waals surface area contributed by atoms with Gasteiger partial charge in [0.2, 0.25) is 18.2 Å². The highest BCUT2D eigenvalue weighted by Gasteiger charge is 2.04. The van der Waals surface area contributed by atoms with Crippen LogP contribution in [0.15, 0.2) is 65.4 Å². The summed E-state index contributed by atoms with van der Waals surface area (Å²) >= 11 is 0. The monoisotopic (exact) mass is 316 g/mol. The molecule has 0 fully saturated rings. The van der Waals surface area contributed by atoms with Crippen molar-refractivity contribution in [3.63, 3.8) is 0 Å². The minimum absolute atomic E-state index is 0.284. The molecule has 0 spiro atoms. The van der Waals surface area contributed by atoms with Crippen molar-refractivity contribution >= 4 is 17.7 Å². The van der Waals surface area contributed by atoms with Gasteiger partial charge < -0.3 is 9.73 Å². The molecule has 0 bridgehead atoms. The molecule has 0 saturated carbocycles. The van der Waals surface area contributed by atoms with E-state index in [1.807, 2.05) is 6.07 Å². The van der Waals surface area contributed by atoms with E-state index in [9.17, 15) is 4.79 Å². The Morgan fingerprint density at radius 2 is 1.96 bits per heavy atom. The average molecular weight is 316 g/mol. The molecule has 0 atom stereocenters. The minimum Gasteiger partial charge on any atom is -0.423 e. The molecule has 0 saturated heterocycles. The van der Waals surface area contributed by atoms with E-state index < -0.39 is 0 Å². The SMILES string of the molecule is N#Cc1ccccc1/C=C/C(=O)Nc1ccc(-c2nnco2)cc1. The maximum Gasteiger partial charge on any atom is 0.248 e. The average Bonchev–Trinajstić information content (AvgIpc) is 3.15. The van der Waals surface area contributed by atoms with Crippen LogP contribution in [0.1, 0.15) is 11.1 Å². The second kappa shape index (κ2) is 7.03. The van der Waals surface area contributed by atoms with Gasteiger partial charge in [0.05, 0.1) is 11.6 Å². The Labute approximate surface area is 138 Å². The van der Waals surface area contributed by atoms with Crippen LogP contribution >= 0.6 is 0 Å². The fourth-order valence-corrected chi connectivity index (χ4v) is 2.09. The third-order valence-electron chi connectivity index (χ3n) is 3.25. The van der Waals surface area contributed by atoms with E-state index in [0.29, 0.717) is 22.7 Å². The van der Waals surface area contributed by atoms with Crippen molar-refractivity contribution in [3.8, 4) is 17.5 Å². The number of carbonyl (C=O) groups is 1. The first-order valence-electron chi connectivity index (χ1n) is 7.11. The molecule has 24 heavy (non-hydrogen) atoms. The maximum atomic E-state index is 12.0. The quantitative estimate of drug-likeness (QED) is 0.746. The van der Waals surface area contributed by atoms with Gasteiger partial charge >= 0.3 is 0 Å². The first-order valence-corrected chi connectivity index (χ1v) is 7.11. The fourth-order valence-electron chi connectivity index (χ4n) is 2.09. The highest BCUT2D eigenvalue weighted by molar-refractivity contribution is 6.02. The van der Waals surface area contributed by atoms with E-state index in [1.54, 1.807) is 48.5 Å². The van der Waals surface area contributed by atoms with Crippen LogP contribution in [0.2, 0.25) is 0 Å². The number of nitrogens with one attached hydrogen (secondary N) is 1. The largest absolute Gasteiger partial charge is 0.423 e. The van der Waals surface area contributed by atoms with Crippen molar-refractivity contribution in [2.75, 3.05) is 5.32 Å². The predicted molar refractivity (Wildman–Crippen MR) is 88.6 cm³/mol. The number of anilines is 1. The highest BCUT2D eigenvalue weighted by atomic mass is 16.4. The second-order valence-corrected chi connectivity index (χ2v) is 4.84. The third kappa shape index (κ3) is 3.54. The van der Waals surface area contributed by atoms with Gasteiger partial charge in [-0.1, -0.05) is 18.2 Å². The minimum atomic E-state index is -0.284. The Kier molecular flexibility index (Phi) is 4.45. The molecule has 1 heterocycles. The number of carbonyl (C=O) groups excluding carboxylic acids is 1. The van der Waals surface area contributed by atoms with E-state index in [4.69, 9.17) is 9.68 Å². The molecule has 116 valence electrons. The second-order valence-electron chi connectivity index (χ2n) is 4.84. The van der Waals surface area contributed by atoms with E-state index in [2.05, 4.69) is 21.6 Å². The van der Waals surface area contributed by atoms with Crippen molar-refractivity contribution in [3.05, 3.63) is 72.1 Å². The van der Waals surface area contributed by atoms with Crippen LogP contribution in [0, 0.1) is 11.3 Å². The van der Waals surface area contributed by atoms with E-state index in [1.165, 1.54) is 12.5 Å². The van der Waals surface area contributed by atoms with Crippen LogP contribution < -0.4 is 5.32 Å². The van der Waals surface area contributed by atoms with Crippen molar-refractivity contribution < 1.29 is 9.21 Å². The van der Waals surface area contributed by atoms with Gasteiger partial charge in [-0.25, -0.2) is 0 Å². The topological polar surface area (TPSA) is 91.8 Å². The molecule has 1 amide bonds. The van der Waals surface area contributed by atoms with Crippen LogP contribution in [-0.2, 0) is 4.79 Å². The number of hydrogen-bond acceptors (Lipinski definition) is 5. The summed E-state index contributed by atoms with van der Waals surface area (Å²) in [5.74, 6) is 0.133. The number of nitriles is 1. The molecule has 0 aliphatic carbocycles. The summed E-state index contributed by atoms with van der Waals surface area (Å²) < 4.78 is 5.10. The number of nitrogens with zero attached hydrogens (tertiary/aromatic N) is 3. The van der Waals surface area contributed by atoms with Crippen LogP contribution in [0.5, 0.6) is 0 Å². The standard InChI is InChI=1S/C18H12N4O2/c19-11-15-4-2-1-3-13(15)7-10-17(23)21-16-8-5-14(6-9-16)18-22-20-12-24-18/h1-10,12H,(H,21,23)/b10-7+. The Balaban J connectivity index is 1.67. The summed E-state index contributed by atoms with van der Waals surface area (Å²) in [4.78, 5) is 12.0. The van der Waals surface area contributed by atoms with Gasteiger partial charge in [-0.15, -0.1) is 10.2 Å². The molecule has 0 aliphatic rings. The normalized spacial score (nSPS) is 10.5. The summed E-state index contributed by atoms with van der Waals surface area (Å²) in [5.41, 5.74) is 2.62. The molecule has 0 radical (unpaired) electrons. The lowest BCUT2D eigenvalue weighted by molar-refractivity contribution is -0.111. The zero-order chi connectivity index (χ0) is 16.8. The lowest BCUT2D eigenvalue weighted by Crippen LogP contribution is -2.07. The highest BCUT2D eigenvalue weighted by Crippen LogP contribution is 2.19. The van der Waals surface area contributed by atoms with Gasteiger partial charge in [-0.2, -0.15) is 5.26 Å². The van der Waals surface area contributed by atoms with E-state index in [0.717, 1.165) is 5.56 Å². The van der Waals surface area contributed by atoms with Crippen molar-refractivity contribution in [1.82, 2.24) is 10.2 Å². The Morgan fingerprint density at radius 3 is 2.67 bits per heavy atom. The van der Waals surface area contributed by atoms with Gasteiger partial charge in [0, 0.05) is 17.3 Å². The molecule has 0 unspecified atom stereocenters. The smallest absolute Gasteiger partial charge is 0.248 e. The lowest BCUT2D eigenvalue weighted by Gasteiger charge is -2.03. The zero-order valence-electron chi connectivity index (χ0n) is 12.5. The van der Waals surface area contributed by atoms with Crippen LogP contribution in [0.25, 0.3) is 17.5 Å². The Hall–Kier alpha value is -3.72. The van der Waals surface area contributed by atoms with Crippen LogP contribution in [0.3, 0.4) is 0 Å². The molecule has 1 N–H and O–H groups in total. The van der Waals surface area contributed by atoms with Crippen molar-refractivity contribution in [2.45, 2.75) is 0 Å². The van der Waals surface area contributed by atoms with Crippen molar-refractivity contribution in [1.29, 1.82) is 5.26 Å². The van der Waals surface area contributed by atoms with Gasteiger partial charge in [0.1, 0.15) is 0 Å². The van der Waals surface area contributed by atoms with Crippen LogP contribution in [0.4, 0.5) is 5.69 Å². The molecule has 6 nitrogen and oxygen atoms in total. The van der Waals surface area contributed by atoms with Crippen molar-refractivity contribution in [2.24, 2.45) is 0 Å². The van der Waals surface area contributed by atoms with Gasteiger partial charge in [0.25, 0.3) is 0 Å². The van der Waals surface area contributed by atoms with Gasteiger partial charge in [-0.3, -0.25) is 4.79 Å². The summed E-state index contributed by atoms with van der Waals surface area (Å²) in [7, 11) is 0. The number of amides is 1. The molecule has 2 aromatic carbocycles. The fraction of sp³-hybridized carbons (Fsp3) is 0. The predicted octanol–water partition coefficient (Wildman–Crippen LogP) is 3.26. The molecular weight excluding hydrogens is 304 g/mol. The van der Waals surface area contributed by atoms with Gasteiger partial charge in [-0.05, 0) is 42.0 Å². The number of hydrogen-bond donors (Lipinski definition) is 1. The third-order valence-corrected chi connectivity index (χ3v) is 3.25. The molecule has 3 aromatic rings. The first kappa shape index (κ1) is 15.2. The van der Waals surface area contributed by atoms with Gasteiger partial charge in [0.15, 0.2) is 0 Å². The molecule has 0 aliphatic heterocycles. The molecular formula is C18H12N4O2. The molecule has 3 rings (SSSR count). The Bertz CT molecular complexity index is 907. The van der Waals surface area contributed by atoms with E-state index >= 15 is 0 Å². The first-order chi connectivity index (χ1) is 11.8. The summed E-state index contributed by atoms with van der Waals surface area (Å²) in [5, 5.41) is 19.2.